The summed E-state index contributed by atoms with van der Waals surface area (Å²) in [6.45, 7) is 1.97. The van der Waals surface area contributed by atoms with Crippen LogP contribution in [0.3, 0.4) is 0 Å². The van der Waals surface area contributed by atoms with Crippen molar-refractivity contribution in [2.24, 2.45) is 0 Å². The smallest absolute Gasteiger partial charge is 0.261 e. The van der Waals surface area contributed by atoms with Crippen LogP contribution in [0.5, 0.6) is 0 Å². The second-order valence-corrected chi connectivity index (χ2v) is 6.14. The van der Waals surface area contributed by atoms with E-state index in [1.54, 1.807) is 31.2 Å². The maximum absolute atomic E-state index is 12.2. The molecule has 1 aromatic carbocycles. The first-order valence-electron chi connectivity index (χ1n) is 7.80. The van der Waals surface area contributed by atoms with Gasteiger partial charge in [-0.25, -0.2) is 0 Å². The molecule has 0 fully saturated rings. The first-order valence-corrected chi connectivity index (χ1v) is 8.17. The molecule has 0 aliphatic carbocycles. The SMILES string of the molecule is CC(=O)CC/C=C(/Cl)CCCCN1C(=O)c2ccccc2C1=O. The Bertz CT molecular complexity index is 616. The van der Waals surface area contributed by atoms with Gasteiger partial charge in [-0.05, 0) is 44.7 Å². The summed E-state index contributed by atoms with van der Waals surface area (Å²) >= 11 is 6.09. The Balaban J connectivity index is 1.76. The summed E-state index contributed by atoms with van der Waals surface area (Å²) in [6.07, 6.45) is 5.23. The van der Waals surface area contributed by atoms with Crippen molar-refractivity contribution in [2.45, 2.75) is 39.0 Å². The summed E-state index contributed by atoms with van der Waals surface area (Å²) in [4.78, 5) is 36.5. The summed E-state index contributed by atoms with van der Waals surface area (Å²) in [5, 5.41) is 0.730. The van der Waals surface area contributed by atoms with Crippen LogP contribution >= 0.6 is 11.6 Å². The highest BCUT2D eigenvalue weighted by Crippen LogP contribution is 2.23. The van der Waals surface area contributed by atoms with E-state index in [-0.39, 0.29) is 17.6 Å². The molecule has 4 nitrogen and oxygen atoms in total. The highest BCUT2D eigenvalue weighted by Gasteiger charge is 2.34. The molecule has 2 rings (SSSR count). The van der Waals surface area contributed by atoms with E-state index in [4.69, 9.17) is 11.6 Å². The third-order valence-electron chi connectivity index (χ3n) is 3.79. The number of carbonyl (C=O) groups excluding carboxylic acids is 3. The van der Waals surface area contributed by atoms with Gasteiger partial charge in [-0.15, -0.1) is 0 Å². The van der Waals surface area contributed by atoms with E-state index in [2.05, 4.69) is 0 Å². The zero-order chi connectivity index (χ0) is 16.8. The third-order valence-corrected chi connectivity index (χ3v) is 4.13. The lowest BCUT2D eigenvalue weighted by Crippen LogP contribution is -2.30. The van der Waals surface area contributed by atoms with Crippen LogP contribution < -0.4 is 0 Å². The zero-order valence-electron chi connectivity index (χ0n) is 13.2. The van der Waals surface area contributed by atoms with Crippen LogP contribution in [-0.2, 0) is 4.79 Å². The van der Waals surface area contributed by atoms with Gasteiger partial charge in [0, 0.05) is 18.0 Å². The summed E-state index contributed by atoms with van der Waals surface area (Å²) in [5.41, 5.74) is 0.972. The molecule has 1 aliphatic rings. The number of allylic oxidation sites excluding steroid dienone is 2. The molecule has 1 heterocycles. The number of ketones is 1. The van der Waals surface area contributed by atoms with Gasteiger partial charge in [0.25, 0.3) is 11.8 Å². The predicted molar refractivity (Wildman–Crippen MR) is 89.5 cm³/mol. The highest BCUT2D eigenvalue weighted by atomic mass is 35.5. The Morgan fingerprint density at radius 3 is 2.26 bits per heavy atom. The zero-order valence-corrected chi connectivity index (χ0v) is 13.9. The molecule has 1 aliphatic heterocycles. The average molecular weight is 334 g/mol. The molecule has 0 saturated heterocycles. The number of unbranched alkanes of at least 4 members (excludes halogenated alkanes) is 1. The Kier molecular flexibility index (Phi) is 6.11. The first kappa shape index (κ1) is 17.4. The lowest BCUT2D eigenvalue weighted by molar-refractivity contribution is -0.116. The van der Waals surface area contributed by atoms with E-state index in [1.165, 1.54) is 4.90 Å². The predicted octanol–water partition coefficient (Wildman–Crippen LogP) is 3.94. The van der Waals surface area contributed by atoms with Crippen molar-refractivity contribution in [1.29, 1.82) is 0 Å². The van der Waals surface area contributed by atoms with Gasteiger partial charge in [0.2, 0.25) is 0 Å². The molecule has 2 amide bonds. The van der Waals surface area contributed by atoms with E-state index < -0.39 is 0 Å². The van der Waals surface area contributed by atoms with Gasteiger partial charge < -0.3 is 4.79 Å². The number of fused-ring (bicyclic) bond motifs is 1. The maximum Gasteiger partial charge on any atom is 0.261 e. The highest BCUT2D eigenvalue weighted by molar-refractivity contribution is 6.29. The van der Waals surface area contributed by atoms with Gasteiger partial charge in [0.05, 0.1) is 11.1 Å². The number of rotatable bonds is 8. The lowest BCUT2D eigenvalue weighted by Gasteiger charge is -2.13. The lowest BCUT2D eigenvalue weighted by atomic mass is 10.1. The molecule has 5 heteroatoms. The number of hydrogen-bond donors (Lipinski definition) is 0. The van der Waals surface area contributed by atoms with Gasteiger partial charge in [-0.3, -0.25) is 14.5 Å². The van der Waals surface area contributed by atoms with Crippen LogP contribution in [0.4, 0.5) is 0 Å². The fourth-order valence-electron chi connectivity index (χ4n) is 2.54. The molecular weight excluding hydrogens is 314 g/mol. The number of carbonyl (C=O) groups is 3. The van der Waals surface area contributed by atoms with Gasteiger partial charge in [0.15, 0.2) is 0 Å². The quantitative estimate of drug-likeness (QED) is 0.534. The Morgan fingerprint density at radius 2 is 1.70 bits per heavy atom. The van der Waals surface area contributed by atoms with Gasteiger partial charge in [-0.2, -0.15) is 0 Å². The number of Topliss-reactive ketones (excluding diaryl/α,β-unsaturated/α-hetero) is 1. The van der Waals surface area contributed by atoms with Crippen molar-refractivity contribution in [3.63, 3.8) is 0 Å². The molecular formula is C18H20ClNO3. The fourth-order valence-corrected chi connectivity index (χ4v) is 2.78. The first-order chi connectivity index (χ1) is 11.0. The number of halogens is 1. The molecule has 0 aromatic heterocycles. The summed E-state index contributed by atoms with van der Waals surface area (Å²) in [6, 6.07) is 6.90. The second kappa shape index (κ2) is 8.06. The van der Waals surface area contributed by atoms with E-state index in [1.807, 2.05) is 6.08 Å². The third kappa shape index (κ3) is 4.52. The largest absolute Gasteiger partial charge is 0.300 e. The molecule has 0 bridgehead atoms. The molecule has 23 heavy (non-hydrogen) atoms. The number of amides is 2. The van der Waals surface area contributed by atoms with Crippen LogP contribution in [0.25, 0.3) is 0 Å². The van der Waals surface area contributed by atoms with Crippen molar-refractivity contribution < 1.29 is 14.4 Å². The fraction of sp³-hybridized carbons (Fsp3) is 0.389. The van der Waals surface area contributed by atoms with E-state index >= 15 is 0 Å². The molecule has 122 valence electrons. The van der Waals surface area contributed by atoms with Crippen molar-refractivity contribution in [3.05, 3.63) is 46.5 Å². The van der Waals surface area contributed by atoms with Crippen LogP contribution in [-0.4, -0.2) is 29.0 Å². The number of imide groups is 1. The van der Waals surface area contributed by atoms with Crippen molar-refractivity contribution in [3.8, 4) is 0 Å². The Morgan fingerprint density at radius 1 is 1.09 bits per heavy atom. The minimum atomic E-state index is -0.214. The average Bonchev–Trinajstić information content (AvgIpc) is 2.76. The number of hydrogen-bond acceptors (Lipinski definition) is 3. The minimum absolute atomic E-state index is 0.149. The number of benzene rings is 1. The monoisotopic (exact) mass is 333 g/mol. The van der Waals surface area contributed by atoms with E-state index in [9.17, 15) is 14.4 Å². The summed E-state index contributed by atoms with van der Waals surface area (Å²) in [7, 11) is 0. The van der Waals surface area contributed by atoms with Gasteiger partial charge in [0.1, 0.15) is 5.78 Å². The molecule has 0 atom stereocenters. The minimum Gasteiger partial charge on any atom is -0.300 e. The standard InChI is InChI=1S/C18H20ClNO3/c1-13(21)7-6-9-14(19)8-4-5-12-20-17(22)15-10-2-3-11-16(15)18(20)23/h2-3,9-11H,4-8,12H2,1H3/b14-9+. The molecule has 0 spiro atoms. The second-order valence-electron chi connectivity index (χ2n) is 5.66. The topological polar surface area (TPSA) is 54.5 Å². The van der Waals surface area contributed by atoms with E-state index in [0.717, 1.165) is 11.5 Å². The molecule has 0 saturated carbocycles. The Hall–Kier alpha value is -1.94. The van der Waals surface area contributed by atoms with Crippen LogP contribution in [0.15, 0.2) is 35.4 Å². The molecule has 0 unspecified atom stereocenters. The van der Waals surface area contributed by atoms with Gasteiger partial charge in [-0.1, -0.05) is 29.8 Å². The molecule has 1 aromatic rings. The molecule has 0 radical (unpaired) electrons. The number of nitrogens with zero attached hydrogens (tertiary/aromatic N) is 1. The summed E-state index contributed by atoms with van der Waals surface area (Å²) in [5.74, 6) is -0.279. The van der Waals surface area contributed by atoms with Crippen molar-refractivity contribution >= 4 is 29.2 Å². The van der Waals surface area contributed by atoms with Crippen LogP contribution in [0.1, 0.15) is 59.7 Å². The molecule has 0 N–H and O–H groups in total. The maximum atomic E-state index is 12.2. The van der Waals surface area contributed by atoms with Gasteiger partial charge >= 0.3 is 0 Å². The van der Waals surface area contributed by atoms with Crippen molar-refractivity contribution in [2.75, 3.05) is 6.54 Å². The Labute approximate surface area is 141 Å². The van der Waals surface area contributed by atoms with Crippen LogP contribution in [0.2, 0.25) is 0 Å². The van der Waals surface area contributed by atoms with Crippen LogP contribution in [0, 0.1) is 0 Å². The normalized spacial score (nSPS) is 14.3. The summed E-state index contributed by atoms with van der Waals surface area (Å²) < 4.78 is 0. The van der Waals surface area contributed by atoms with E-state index in [0.29, 0.717) is 43.4 Å². The van der Waals surface area contributed by atoms with Crippen molar-refractivity contribution in [1.82, 2.24) is 4.90 Å².